The number of carbonyl (C=O) groups excluding carboxylic acids is 2. The van der Waals surface area contributed by atoms with Gasteiger partial charge < -0.3 is 14.4 Å². The van der Waals surface area contributed by atoms with Gasteiger partial charge in [0, 0.05) is 38.1 Å². The van der Waals surface area contributed by atoms with Gasteiger partial charge in [-0.1, -0.05) is 12.8 Å². The van der Waals surface area contributed by atoms with E-state index in [1.807, 2.05) is 11.8 Å². The topological polar surface area (TPSA) is 62.3 Å². The Morgan fingerprint density at radius 1 is 0.931 bits per heavy atom. The van der Waals surface area contributed by atoms with Crippen molar-refractivity contribution in [1.29, 1.82) is 0 Å². The number of carbonyl (C=O) groups is 2. The molecule has 5 aliphatic rings. The third-order valence-electron chi connectivity index (χ3n) is 7.92. The molecule has 29 heavy (non-hydrogen) atoms. The van der Waals surface area contributed by atoms with E-state index in [2.05, 4.69) is 9.80 Å². The Morgan fingerprint density at radius 2 is 1.55 bits per heavy atom. The van der Waals surface area contributed by atoms with Gasteiger partial charge in [-0.05, 0) is 44.4 Å². The summed E-state index contributed by atoms with van der Waals surface area (Å²) < 4.78 is 11.0. The van der Waals surface area contributed by atoms with Crippen LogP contribution in [0.25, 0.3) is 0 Å². The molecule has 4 unspecified atom stereocenters. The number of hydrogen-bond acceptors (Lipinski definition) is 5. The van der Waals surface area contributed by atoms with Crippen LogP contribution in [-0.2, 0) is 14.3 Å². The van der Waals surface area contributed by atoms with Crippen molar-refractivity contribution in [3.05, 3.63) is 0 Å². The van der Waals surface area contributed by atoms with Crippen LogP contribution in [0.1, 0.15) is 45.4 Å². The molecule has 1 aliphatic carbocycles. The predicted octanol–water partition coefficient (Wildman–Crippen LogP) is 1.96. The van der Waals surface area contributed by atoms with Crippen LogP contribution >= 0.6 is 0 Å². The highest BCUT2D eigenvalue weighted by molar-refractivity contribution is 5.82. The van der Waals surface area contributed by atoms with E-state index in [9.17, 15) is 9.59 Å². The summed E-state index contributed by atoms with van der Waals surface area (Å²) in [4.78, 5) is 32.1. The first kappa shape index (κ1) is 19.6. The highest BCUT2D eigenvalue weighted by Gasteiger charge is 2.61. The Balaban J connectivity index is 1.16. The molecule has 0 N–H and O–H groups in total. The van der Waals surface area contributed by atoms with Crippen LogP contribution in [0.3, 0.4) is 0 Å². The molecule has 7 nitrogen and oxygen atoms in total. The molecule has 7 heteroatoms. The number of likely N-dealkylation sites (tertiary alicyclic amines) is 2. The van der Waals surface area contributed by atoms with E-state index in [-0.39, 0.29) is 24.1 Å². The van der Waals surface area contributed by atoms with Crippen LogP contribution in [0.2, 0.25) is 0 Å². The molecule has 0 spiro atoms. The third kappa shape index (κ3) is 3.65. The van der Waals surface area contributed by atoms with Crippen molar-refractivity contribution in [1.82, 2.24) is 14.7 Å². The highest BCUT2D eigenvalue weighted by Crippen LogP contribution is 2.54. The molecule has 4 saturated heterocycles. The minimum atomic E-state index is -0.184. The van der Waals surface area contributed by atoms with Gasteiger partial charge in [0.15, 0.2) is 0 Å². The quantitative estimate of drug-likeness (QED) is 0.718. The van der Waals surface area contributed by atoms with Gasteiger partial charge in [0.2, 0.25) is 5.91 Å². The first-order chi connectivity index (χ1) is 14.2. The van der Waals surface area contributed by atoms with E-state index < -0.39 is 0 Å². The van der Waals surface area contributed by atoms with Crippen LogP contribution in [0, 0.1) is 17.8 Å². The number of amides is 2. The van der Waals surface area contributed by atoms with Gasteiger partial charge in [0.1, 0.15) is 0 Å². The van der Waals surface area contributed by atoms with Crippen molar-refractivity contribution in [2.24, 2.45) is 17.8 Å². The van der Waals surface area contributed by atoms with E-state index in [1.165, 1.54) is 25.7 Å². The van der Waals surface area contributed by atoms with Gasteiger partial charge in [0.25, 0.3) is 0 Å². The zero-order valence-electron chi connectivity index (χ0n) is 17.6. The van der Waals surface area contributed by atoms with E-state index in [1.54, 1.807) is 0 Å². The maximum Gasteiger partial charge on any atom is 0.410 e. The zero-order chi connectivity index (χ0) is 20.0. The van der Waals surface area contributed by atoms with E-state index >= 15 is 0 Å². The molecule has 5 rings (SSSR count). The molecule has 4 atom stereocenters. The minimum absolute atomic E-state index is 0.123. The monoisotopic (exact) mass is 405 g/mol. The smallest absolute Gasteiger partial charge is 0.410 e. The van der Waals surface area contributed by atoms with E-state index in [0.717, 1.165) is 39.0 Å². The number of ether oxygens (including phenoxy) is 2. The average molecular weight is 406 g/mol. The molecule has 2 bridgehead atoms. The highest BCUT2D eigenvalue weighted by atomic mass is 16.6. The van der Waals surface area contributed by atoms with Gasteiger partial charge in [-0.3, -0.25) is 14.6 Å². The summed E-state index contributed by atoms with van der Waals surface area (Å²) in [6.45, 7) is 7.55. The Labute approximate surface area is 173 Å². The molecule has 5 fully saturated rings. The van der Waals surface area contributed by atoms with Crippen molar-refractivity contribution in [2.45, 2.75) is 63.6 Å². The second kappa shape index (κ2) is 8.06. The fourth-order valence-electron chi connectivity index (χ4n) is 6.41. The first-order valence-corrected chi connectivity index (χ1v) is 11.7. The maximum absolute atomic E-state index is 13.0. The molecule has 0 aromatic heterocycles. The van der Waals surface area contributed by atoms with Crippen LogP contribution in [-0.4, -0.2) is 90.8 Å². The van der Waals surface area contributed by atoms with Crippen LogP contribution < -0.4 is 0 Å². The average Bonchev–Trinajstić information content (AvgIpc) is 3.33. The van der Waals surface area contributed by atoms with E-state index in [0.29, 0.717) is 43.6 Å². The molecule has 0 radical (unpaired) electrons. The third-order valence-corrected chi connectivity index (χ3v) is 7.92. The van der Waals surface area contributed by atoms with E-state index in [4.69, 9.17) is 9.47 Å². The number of rotatable bonds is 3. The standard InChI is InChI=1S/C22H35N3O4/c1-2-29-22(27)25-16-9-15(10-17(25)14-28-13-16)24-11-18-19(12-24)20(18)21(26)23-7-5-3-4-6-8-23/h15-20H,2-14H2,1H3. The maximum atomic E-state index is 13.0. The number of piperidine rings is 2. The lowest BCUT2D eigenvalue weighted by molar-refractivity contribution is -0.133. The van der Waals surface area contributed by atoms with Gasteiger partial charge in [0.05, 0.1) is 31.9 Å². The molecule has 2 amide bonds. The summed E-state index contributed by atoms with van der Waals surface area (Å²) in [5.41, 5.74) is 0. The van der Waals surface area contributed by atoms with Crippen molar-refractivity contribution < 1.29 is 19.1 Å². The van der Waals surface area contributed by atoms with Gasteiger partial charge in [-0.2, -0.15) is 0 Å². The molecule has 162 valence electrons. The number of fused-ring (bicyclic) bond motifs is 3. The largest absolute Gasteiger partial charge is 0.450 e. The predicted molar refractivity (Wildman–Crippen MR) is 107 cm³/mol. The second-order valence-corrected chi connectivity index (χ2v) is 9.62. The normalized spacial score (nSPS) is 39.6. The summed E-state index contributed by atoms with van der Waals surface area (Å²) in [6.07, 6.45) is 6.61. The molecule has 0 aromatic carbocycles. The summed E-state index contributed by atoms with van der Waals surface area (Å²) in [5.74, 6) is 1.84. The summed E-state index contributed by atoms with van der Waals surface area (Å²) in [6, 6.07) is 0.748. The Morgan fingerprint density at radius 3 is 2.14 bits per heavy atom. The zero-order valence-corrected chi connectivity index (χ0v) is 17.6. The van der Waals surface area contributed by atoms with Crippen molar-refractivity contribution in [3.63, 3.8) is 0 Å². The fourth-order valence-corrected chi connectivity index (χ4v) is 6.41. The van der Waals surface area contributed by atoms with Crippen molar-refractivity contribution >= 4 is 12.0 Å². The van der Waals surface area contributed by atoms with Crippen LogP contribution in [0.5, 0.6) is 0 Å². The second-order valence-electron chi connectivity index (χ2n) is 9.62. The fraction of sp³-hybridized carbons (Fsp3) is 0.909. The lowest BCUT2D eigenvalue weighted by atomic mass is 9.89. The molecule has 4 heterocycles. The van der Waals surface area contributed by atoms with Crippen LogP contribution in [0.15, 0.2) is 0 Å². The number of hydrogen-bond donors (Lipinski definition) is 0. The van der Waals surface area contributed by atoms with Crippen molar-refractivity contribution in [3.8, 4) is 0 Å². The first-order valence-electron chi connectivity index (χ1n) is 11.7. The lowest BCUT2D eigenvalue weighted by Gasteiger charge is -2.49. The molecular weight excluding hydrogens is 370 g/mol. The van der Waals surface area contributed by atoms with Gasteiger partial charge >= 0.3 is 6.09 Å². The lowest BCUT2D eigenvalue weighted by Crippen LogP contribution is -2.62. The summed E-state index contributed by atoms with van der Waals surface area (Å²) in [5, 5.41) is 0. The van der Waals surface area contributed by atoms with Crippen molar-refractivity contribution in [2.75, 3.05) is 46.0 Å². The Bertz CT molecular complexity index is 610. The summed E-state index contributed by atoms with van der Waals surface area (Å²) >= 11 is 0. The molecule has 4 aliphatic heterocycles. The molecular formula is C22H35N3O4. The number of nitrogens with zero attached hydrogens (tertiary/aromatic N) is 3. The number of morpholine rings is 1. The van der Waals surface area contributed by atoms with Crippen LogP contribution in [0.4, 0.5) is 4.79 Å². The van der Waals surface area contributed by atoms with Gasteiger partial charge in [-0.15, -0.1) is 0 Å². The Hall–Kier alpha value is -1.34. The molecule has 0 aromatic rings. The minimum Gasteiger partial charge on any atom is -0.450 e. The SMILES string of the molecule is CCOC(=O)N1C2COCC1CC(N1CC3C(C1)C3C(=O)N1CCCCCC1)C2. The van der Waals surface area contributed by atoms with Gasteiger partial charge in [-0.25, -0.2) is 4.79 Å². The molecule has 1 saturated carbocycles. The summed E-state index contributed by atoms with van der Waals surface area (Å²) in [7, 11) is 0. The Kier molecular flexibility index (Phi) is 5.45.